The number of H-pyrrole nitrogens is 1. The third kappa shape index (κ3) is 27.2. The largest absolute Gasteiger partial charge is 0.480 e. The van der Waals surface area contributed by atoms with E-state index in [2.05, 4.69) is 72.4 Å². The van der Waals surface area contributed by atoms with E-state index in [1.807, 2.05) is 85.1 Å². The Morgan fingerprint density at radius 2 is 1.00 bits per heavy atom. The van der Waals surface area contributed by atoms with E-state index < -0.39 is 112 Å². The number of hydrogen-bond acceptors (Lipinski definition) is 25. The molecule has 3 saturated heterocycles. The van der Waals surface area contributed by atoms with Crippen LogP contribution < -0.4 is 42.1 Å². The van der Waals surface area contributed by atoms with Crippen LogP contribution in [0.4, 0.5) is 4.79 Å². The number of nitrogens with one attached hydrogen (secondary N) is 6. The van der Waals surface area contributed by atoms with Crippen molar-refractivity contribution in [1.29, 1.82) is 0 Å². The van der Waals surface area contributed by atoms with Crippen LogP contribution in [-0.2, 0) is 95.5 Å². The molecule has 5 atom stereocenters. The maximum atomic E-state index is 14.8. The van der Waals surface area contributed by atoms with Gasteiger partial charge < -0.3 is 59.2 Å². The summed E-state index contributed by atoms with van der Waals surface area (Å²) in [5.41, 5.74) is 11.9. The number of aromatic amines is 1. The molecule has 5 amide bonds. The molecular formula is C99H122N12O21S2. The van der Waals surface area contributed by atoms with Crippen molar-refractivity contribution in [2.24, 2.45) is 5.73 Å². The van der Waals surface area contributed by atoms with E-state index in [-0.39, 0.29) is 124 Å². The van der Waals surface area contributed by atoms with E-state index in [0.717, 1.165) is 29.5 Å². The van der Waals surface area contributed by atoms with Gasteiger partial charge in [0, 0.05) is 83.0 Å². The first-order valence-electron chi connectivity index (χ1n) is 45.3. The number of rotatable bonds is 43. The van der Waals surface area contributed by atoms with Crippen molar-refractivity contribution in [3.63, 3.8) is 0 Å². The lowest BCUT2D eigenvalue weighted by Gasteiger charge is -2.41. The topological polar surface area (TPSA) is 457 Å². The van der Waals surface area contributed by atoms with Crippen molar-refractivity contribution in [1.82, 2.24) is 56.2 Å². The number of likely N-dealkylation sites (tertiary alicyclic amines) is 2. The Bertz CT molecular complexity index is 5480. The Morgan fingerprint density at radius 3 is 1.45 bits per heavy atom. The number of nitrogens with zero attached hydrogens (tertiary/aromatic N) is 5. The van der Waals surface area contributed by atoms with Gasteiger partial charge in [0.25, 0.3) is 11.8 Å². The summed E-state index contributed by atoms with van der Waals surface area (Å²) >= 11 is 0. The minimum absolute atomic E-state index is 0.0619. The van der Waals surface area contributed by atoms with E-state index >= 15 is 0 Å². The van der Waals surface area contributed by atoms with Gasteiger partial charge in [-0.3, -0.25) is 54.2 Å². The van der Waals surface area contributed by atoms with E-state index in [9.17, 15) is 70.3 Å². The number of piperidine rings is 2. The molecule has 5 heterocycles. The molecule has 3 aliphatic heterocycles. The second kappa shape index (κ2) is 47.5. The molecule has 35 heteroatoms. The highest BCUT2D eigenvalue weighted by atomic mass is 32.2. The zero-order valence-corrected chi connectivity index (χ0v) is 78.0. The van der Waals surface area contributed by atoms with Gasteiger partial charge in [0.2, 0.25) is 11.8 Å². The van der Waals surface area contributed by atoms with Gasteiger partial charge in [-0.05, 0) is 195 Å². The number of esters is 1. The summed E-state index contributed by atoms with van der Waals surface area (Å²) in [6, 6.07) is 56.2. The van der Waals surface area contributed by atoms with Gasteiger partial charge in [-0.15, -0.1) is 0 Å². The lowest BCUT2D eigenvalue weighted by atomic mass is 9.77. The highest BCUT2D eigenvalue weighted by Crippen LogP contribution is 2.43. The number of unbranched alkanes of at least 4 members (excludes halogenated alkanes) is 4. The van der Waals surface area contributed by atoms with Gasteiger partial charge in [-0.25, -0.2) is 47.4 Å². The third-order valence-corrected chi connectivity index (χ3v) is 28.7. The zero-order valence-electron chi connectivity index (χ0n) is 76.4. The molecule has 12 rings (SSSR count). The first-order valence-corrected chi connectivity index (χ1v) is 48.2. The van der Waals surface area contributed by atoms with Crippen LogP contribution in [0, 0.1) is 0 Å². The number of carbonyl (C=O) groups excluding carboxylic acids is 8. The molecule has 0 radical (unpaired) electrons. The number of carboxylic acid groups (broad SMARTS) is 1. The number of hydrogen-bond donors (Lipinski definition) is 9. The fourth-order valence-corrected chi connectivity index (χ4v) is 20.5. The summed E-state index contributed by atoms with van der Waals surface area (Å²) in [6.07, 6.45) is 10.6. The number of benzene rings is 7. The van der Waals surface area contributed by atoms with Gasteiger partial charge in [-0.2, -0.15) is 0 Å². The minimum atomic E-state index is -4.44. The molecule has 1 unspecified atom stereocenters. The number of ether oxygens (including phenoxy) is 5. The van der Waals surface area contributed by atoms with E-state index in [1.54, 1.807) is 84.3 Å². The molecule has 0 aliphatic carbocycles. The van der Waals surface area contributed by atoms with E-state index in [1.165, 1.54) is 76.3 Å². The first-order chi connectivity index (χ1) is 64.1. The van der Waals surface area contributed by atoms with Crippen molar-refractivity contribution in [2.45, 2.75) is 230 Å². The van der Waals surface area contributed by atoms with E-state index in [4.69, 9.17) is 39.2 Å². The quantitative estimate of drug-likeness (QED) is 0.00563. The number of alkyl carbamates (subject to hydrolysis) is 1. The van der Waals surface area contributed by atoms with Crippen molar-refractivity contribution in [2.75, 3.05) is 45.9 Å². The highest BCUT2D eigenvalue weighted by molar-refractivity contribution is 7.94. The number of nitrogens with two attached hydrogens (primary N) is 1. The predicted molar refractivity (Wildman–Crippen MR) is 497 cm³/mol. The fourth-order valence-electron chi connectivity index (χ4n) is 16.6. The summed E-state index contributed by atoms with van der Waals surface area (Å²) < 4.78 is 83.9. The highest BCUT2D eigenvalue weighted by Gasteiger charge is 2.56. The second-order valence-electron chi connectivity index (χ2n) is 35.6. The van der Waals surface area contributed by atoms with Gasteiger partial charge in [0.1, 0.15) is 69.4 Å². The summed E-state index contributed by atoms with van der Waals surface area (Å²) in [7, 11) is -8.75. The molecule has 3 fully saturated rings. The molecular weight excluding hydrogens is 1760 g/mol. The molecule has 134 heavy (non-hydrogen) atoms. The van der Waals surface area contributed by atoms with E-state index in [0.29, 0.717) is 92.4 Å². The van der Waals surface area contributed by atoms with Crippen LogP contribution in [0.2, 0.25) is 0 Å². The molecule has 9 aromatic rings. The molecule has 3 aliphatic rings. The van der Waals surface area contributed by atoms with Crippen LogP contribution in [0.15, 0.2) is 235 Å². The van der Waals surface area contributed by atoms with Crippen LogP contribution in [0.25, 0.3) is 0 Å². The number of para-hydroxylation sites is 2. The van der Waals surface area contributed by atoms with Crippen molar-refractivity contribution < 1.29 is 98.8 Å². The number of Topliss-reactive ketones (excluding diaryl/α,β-unsaturated/α-hetero) is 2. The standard InChI is InChI=1S/C66H80N6O12S.C33H42N6O9S/c1-63(2,3)82-60(75)57(44-51-46-72(47-68-51)66(48-24-12-7-13-25-48,49-26-14-8-15-27-49)50-28-16-9-17-29-50)67-45-52(73)30-18-10-21-33-56(69-62(77)83-64(4,5)6)59(74)71-41-39-65(40-42-71,61(76)70-84-58-34-22-23-43-80-58)85(78,79)55-37-35-54(36-38-55)81-53-31-19-11-20-32-53;34-28(10-6-1-3-7-24(40)21-36-29(31(42)43)19-23-20-35-22-37-23)30(41)39-17-15-33(16-18-39,32(44)38-45)49(46,47)27-13-11-26(12-14-27)48-25-8-4-2-5-9-25/h7-9,11-17,19-20,24-29,31-32,35-38,46-47,56-58,67H,10,18,21-23,30,33-34,39-45H2,1-6H3,(H,69,77)(H,70,76);2,4-5,8-9,11-14,20,22,28-29,36,45H,1,3,6-7,10,15-19,21,34H2,(H,35,37)(H,38,44)(H,42,43)/t56-,57-,58?;28-,29-/m00/s1. The Hall–Kier alpha value is -12.4. The molecule has 33 nitrogen and oxygen atoms in total. The van der Waals surface area contributed by atoms with Crippen LogP contribution in [0.3, 0.4) is 0 Å². The molecule has 2 aromatic heterocycles. The fraction of sp³-hybridized carbons (Fsp3) is 0.424. The second-order valence-corrected chi connectivity index (χ2v) is 40.1. The summed E-state index contributed by atoms with van der Waals surface area (Å²) in [4.78, 5) is 139. The van der Waals surface area contributed by atoms with Gasteiger partial charge in [0.15, 0.2) is 35.5 Å². The van der Waals surface area contributed by atoms with Gasteiger partial charge >= 0.3 is 18.0 Å². The lowest BCUT2D eigenvalue weighted by molar-refractivity contribution is -0.202. The number of imidazole rings is 2. The average molecular weight is 1880 g/mol. The van der Waals surface area contributed by atoms with Crippen LogP contribution >= 0.6 is 0 Å². The predicted octanol–water partition coefficient (Wildman–Crippen LogP) is 12.2. The molecule has 0 spiro atoms. The molecule has 716 valence electrons. The average Bonchev–Trinajstić information content (AvgIpc) is 1.44. The number of carboxylic acids is 1. The normalized spacial score (nSPS) is 16.0. The number of sulfone groups is 2. The summed E-state index contributed by atoms with van der Waals surface area (Å²) in [5, 5.41) is 27.6. The maximum absolute atomic E-state index is 14.8. The molecule has 7 aromatic carbocycles. The van der Waals surface area contributed by atoms with Gasteiger partial charge in [-0.1, -0.05) is 153 Å². The van der Waals surface area contributed by atoms with Gasteiger partial charge in [0.05, 0.1) is 47.3 Å². The summed E-state index contributed by atoms with van der Waals surface area (Å²) in [6.45, 7) is 10.3. The van der Waals surface area contributed by atoms with Crippen LogP contribution in [0.1, 0.15) is 179 Å². The Labute approximate surface area is 781 Å². The molecule has 0 saturated carbocycles. The zero-order chi connectivity index (χ0) is 96.1. The summed E-state index contributed by atoms with van der Waals surface area (Å²) in [5.74, 6) is -2.76. The number of aliphatic carboxylic acids is 1. The lowest BCUT2D eigenvalue weighted by Crippen LogP contribution is -2.60. The first kappa shape index (κ1) is 102. The Balaban J connectivity index is 0.000000299. The SMILES string of the molecule is CC(C)(C)OC(=O)N[C@@H](CCCCCC(=O)CN[C@@H](Cc1cn(C(c2ccccc2)(c2ccccc2)c2ccccc2)cn1)C(=O)OC(C)(C)C)C(=O)N1CCC(C(=O)NOC2CCCCO2)(S(=O)(=O)c2ccc(Oc3ccccc3)cc2)CC1.N[C@@H](CCCCCC(=O)CN[C@@H](Cc1cnc[nH]1)C(=O)O)C(=O)N1CCC(C(=O)NO)(S(=O)(=O)c2ccc(Oc3ccccc3)cc2)CC1. The number of amides is 5. The third-order valence-electron chi connectivity index (χ3n) is 23.7. The minimum Gasteiger partial charge on any atom is -0.480 e. The number of carbonyl (C=O) groups is 9. The van der Waals surface area contributed by atoms with Crippen LogP contribution in [0.5, 0.6) is 23.0 Å². The number of hydroxylamine groups is 2. The van der Waals surface area contributed by atoms with Crippen molar-refractivity contribution in [3.05, 3.63) is 253 Å². The molecule has 0 bridgehead atoms. The van der Waals surface area contributed by atoms with Crippen molar-refractivity contribution in [3.8, 4) is 23.0 Å². The Morgan fingerprint density at radius 1 is 0.545 bits per heavy atom. The smallest absolute Gasteiger partial charge is 0.408 e. The monoisotopic (exact) mass is 1880 g/mol. The molecule has 10 N–H and O–H groups in total. The number of ketones is 2. The maximum Gasteiger partial charge on any atom is 0.408 e. The van der Waals surface area contributed by atoms with Crippen LogP contribution in [-0.4, -0.2) is 207 Å². The number of aromatic nitrogens is 4. The van der Waals surface area contributed by atoms with Crippen molar-refractivity contribution >= 4 is 72.9 Å². The Kier molecular flexibility index (Phi) is 36.2.